The molecule has 168 valence electrons. The maximum absolute atomic E-state index is 13.0. The predicted octanol–water partition coefficient (Wildman–Crippen LogP) is 3.30. The lowest BCUT2D eigenvalue weighted by molar-refractivity contribution is -0.181. The molecule has 1 unspecified atom stereocenters. The second kappa shape index (κ2) is 10.5. The summed E-state index contributed by atoms with van der Waals surface area (Å²) in [5, 5.41) is 3.28. The summed E-state index contributed by atoms with van der Waals surface area (Å²) in [6.07, 6.45) is -2.53. The second-order valence-electron chi connectivity index (χ2n) is 7.38. The highest BCUT2D eigenvalue weighted by Crippen LogP contribution is 2.25. The number of ether oxygens (including phenoxy) is 1. The van der Waals surface area contributed by atoms with Crippen molar-refractivity contribution in [2.75, 3.05) is 33.2 Å². The van der Waals surface area contributed by atoms with E-state index in [1.807, 2.05) is 47.4 Å². The maximum atomic E-state index is 13.0. The third-order valence-electron chi connectivity index (χ3n) is 5.35. The zero-order valence-corrected chi connectivity index (χ0v) is 17.8. The van der Waals surface area contributed by atoms with Gasteiger partial charge in [0.05, 0.1) is 0 Å². The van der Waals surface area contributed by atoms with Gasteiger partial charge in [-0.2, -0.15) is 13.2 Å². The van der Waals surface area contributed by atoms with Crippen LogP contribution in [0.1, 0.15) is 18.1 Å². The number of aromatic nitrogens is 1. The van der Waals surface area contributed by atoms with Crippen LogP contribution in [0.25, 0.3) is 0 Å². The number of rotatable bonds is 6. The Balaban J connectivity index is 1.54. The summed E-state index contributed by atoms with van der Waals surface area (Å²) < 4.78 is 44.8. The van der Waals surface area contributed by atoms with Gasteiger partial charge in [0.2, 0.25) is 5.88 Å². The Hall–Kier alpha value is -2.81. The number of alkyl halides is 3. The standard InChI is InChI=1S/C22H28F3N5O/c1-17(22(23,24)25)29-11-13-30(14-12-29)21(26-2)28-15-19-9-6-10-27-20(19)31-16-18-7-4-3-5-8-18/h3-10,17H,11-16H2,1-2H3,(H,26,28). The average molecular weight is 435 g/mol. The van der Waals surface area contributed by atoms with Crippen molar-refractivity contribution in [3.63, 3.8) is 0 Å². The molecule has 0 aliphatic carbocycles. The number of guanidine groups is 1. The quantitative estimate of drug-likeness (QED) is 0.558. The number of aliphatic imine (C=N–C) groups is 1. The average Bonchev–Trinajstić information content (AvgIpc) is 2.79. The molecule has 1 aromatic heterocycles. The van der Waals surface area contributed by atoms with Gasteiger partial charge >= 0.3 is 6.18 Å². The van der Waals surface area contributed by atoms with Crippen LogP contribution in [0.5, 0.6) is 5.88 Å². The first-order valence-electron chi connectivity index (χ1n) is 10.3. The zero-order valence-electron chi connectivity index (χ0n) is 17.8. The van der Waals surface area contributed by atoms with Crippen LogP contribution >= 0.6 is 0 Å². The van der Waals surface area contributed by atoms with Crippen molar-refractivity contribution in [3.05, 3.63) is 59.8 Å². The molecule has 31 heavy (non-hydrogen) atoms. The van der Waals surface area contributed by atoms with Crippen molar-refractivity contribution < 1.29 is 17.9 Å². The molecule has 0 radical (unpaired) electrons. The third kappa shape index (κ3) is 6.33. The van der Waals surface area contributed by atoms with E-state index in [0.29, 0.717) is 51.2 Å². The highest BCUT2D eigenvalue weighted by atomic mass is 19.4. The highest BCUT2D eigenvalue weighted by molar-refractivity contribution is 5.80. The molecule has 1 atom stereocenters. The molecule has 9 heteroatoms. The van der Waals surface area contributed by atoms with Crippen LogP contribution in [0, 0.1) is 0 Å². The molecular weight excluding hydrogens is 407 g/mol. The Morgan fingerprint density at radius 3 is 2.48 bits per heavy atom. The molecule has 1 aliphatic rings. The molecule has 1 aromatic carbocycles. The lowest BCUT2D eigenvalue weighted by Crippen LogP contribution is -2.56. The van der Waals surface area contributed by atoms with Crippen molar-refractivity contribution in [2.45, 2.75) is 32.3 Å². The van der Waals surface area contributed by atoms with Gasteiger partial charge in [-0.25, -0.2) is 4.98 Å². The van der Waals surface area contributed by atoms with Gasteiger partial charge in [0.1, 0.15) is 12.6 Å². The Bertz CT molecular complexity index is 852. The predicted molar refractivity (Wildman–Crippen MR) is 114 cm³/mol. The van der Waals surface area contributed by atoms with Crippen molar-refractivity contribution in [3.8, 4) is 5.88 Å². The van der Waals surface area contributed by atoms with E-state index in [1.165, 1.54) is 11.8 Å². The molecule has 2 heterocycles. The zero-order chi connectivity index (χ0) is 22.3. The summed E-state index contributed by atoms with van der Waals surface area (Å²) in [6, 6.07) is 12.2. The number of piperazine rings is 1. The molecule has 1 aliphatic heterocycles. The van der Waals surface area contributed by atoms with Gasteiger partial charge in [-0.15, -0.1) is 0 Å². The number of hydrogen-bond donors (Lipinski definition) is 1. The smallest absolute Gasteiger partial charge is 0.403 e. The van der Waals surface area contributed by atoms with E-state index in [2.05, 4.69) is 15.3 Å². The van der Waals surface area contributed by atoms with E-state index in [4.69, 9.17) is 4.74 Å². The Kier molecular flexibility index (Phi) is 7.73. The Morgan fingerprint density at radius 2 is 1.84 bits per heavy atom. The number of benzene rings is 1. The van der Waals surface area contributed by atoms with Crippen LogP contribution in [0.4, 0.5) is 13.2 Å². The van der Waals surface area contributed by atoms with Crippen LogP contribution in [0.15, 0.2) is 53.7 Å². The molecule has 2 aromatic rings. The van der Waals surface area contributed by atoms with Crippen LogP contribution in [0.3, 0.4) is 0 Å². The Morgan fingerprint density at radius 1 is 1.13 bits per heavy atom. The molecule has 0 saturated carbocycles. The van der Waals surface area contributed by atoms with Gasteiger partial charge in [0.25, 0.3) is 0 Å². The van der Waals surface area contributed by atoms with E-state index in [9.17, 15) is 13.2 Å². The van der Waals surface area contributed by atoms with Gasteiger partial charge in [-0.3, -0.25) is 9.89 Å². The number of pyridine rings is 1. The maximum Gasteiger partial charge on any atom is 0.403 e. The van der Waals surface area contributed by atoms with E-state index in [0.717, 1.165) is 11.1 Å². The largest absolute Gasteiger partial charge is 0.473 e. The number of hydrogen-bond acceptors (Lipinski definition) is 4. The SMILES string of the molecule is CN=C(NCc1cccnc1OCc1ccccc1)N1CCN(C(C)C(F)(F)F)CC1. The molecule has 6 nitrogen and oxygen atoms in total. The first-order chi connectivity index (χ1) is 14.9. The second-order valence-corrected chi connectivity index (χ2v) is 7.38. The normalized spacial score (nSPS) is 16.8. The van der Waals surface area contributed by atoms with Crippen LogP contribution in [-0.4, -0.2) is 66.2 Å². The van der Waals surface area contributed by atoms with E-state index in [1.54, 1.807) is 13.2 Å². The third-order valence-corrected chi connectivity index (χ3v) is 5.35. The molecule has 3 rings (SSSR count). The summed E-state index contributed by atoms with van der Waals surface area (Å²) >= 11 is 0. The lowest BCUT2D eigenvalue weighted by Gasteiger charge is -2.39. The minimum absolute atomic E-state index is 0.333. The monoisotopic (exact) mass is 435 g/mol. The van der Waals surface area contributed by atoms with E-state index in [-0.39, 0.29) is 0 Å². The van der Waals surface area contributed by atoms with Crippen LogP contribution in [-0.2, 0) is 13.2 Å². The molecule has 0 spiro atoms. The summed E-state index contributed by atoms with van der Waals surface area (Å²) in [5.74, 6) is 1.19. The van der Waals surface area contributed by atoms with Gasteiger partial charge in [0, 0.05) is 51.5 Å². The summed E-state index contributed by atoms with van der Waals surface area (Å²) in [4.78, 5) is 12.1. The summed E-state index contributed by atoms with van der Waals surface area (Å²) in [5.41, 5.74) is 1.93. The number of nitrogens with zero attached hydrogens (tertiary/aromatic N) is 4. The van der Waals surface area contributed by atoms with Gasteiger partial charge in [-0.1, -0.05) is 36.4 Å². The first-order valence-corrected chi connectivity index (χ1v) is 10.3. The van der Waals surface area contributed by atoms with Crippen LogP contribution in [0.2, 0.25) is 0 Å². The first kappa shape index (κ1) is 22.9. The Labute approximate surface area is 180 Å². The molecular formula is C22H28F3N5O. The van der Waals surface area contributed by atoms with Gasteiger partial charge in [-0.05, 0) is 18.6 Å². The summed E-state index contributed by atoms with van der Waals surface area (Å²) in [6.45, 7) is 3.69. The highest BCUT2D eigenvalue weighted by Gasteiger charge is 2.41. The fourth-order valence-electron chi connectivity index (χ4n) is 3.45. The lowest BCUT2D eigenvalue weighted by atomic mass is 10.2. The number of nitrogens with one attached hydrogen (secondary N) is 1. The molecule has 0 amide bonds. The minimum Gasteiger partial charge on any atom is -0.473 e. The molecule has 0 bridgehead atoms. The fraction of sp³-hybridized carbons (Fsp3) is 0.455. The van der Waals surface area contributed by atoms with Crippen LogP contribution < -0.4 is 10.1 Å². The van der Waals surface area contributed by atoms with Gasteiger partial charge in [0.15, 0.2) is 5.96 Å². The fourth-order valence-corrected chi connectivity index (χ4v) is 3.45. The number of halogens is 3. The van der Waals surface area contributed by atoms with Crippen molar-refractivity contribution in [1.29, 1.82) is 0 Å². The molecule has 1 saturated heterocycles. The van der Waals surface area contributed by atoms with Crippen molar-refractivity contribution >= 4 is 5.96 Å². The topological polar surface area (TPSA) is 53.0 Å². The van der Waals surface area contributed by atoms with Gasteiger partial charge < -0.3 is 15.0 Å². The minimum atomic E-state index is -4.21. The molecule has 1 fully saturated rings. The van der Waals surface area contributed by atoms with Crippen molar-refractivity contribution in [2.24, 2.45) is 4.99 Å². The molecule has 1 N–H and O–H groups in total. The van der Waals surface area contributed by atoms with E-state index >= 15 is 0 Å². The van der Waals surface area contributed by atoms with E-state index < -0.39 is 12.2 Å². The van der Waals surface area contributed by atoms with Crippen molar-refractivity contribution in [1.82, 2.24) is 20.1 Å². The summed E-state index contributed by atoms with van der Waals surface area (Å²) in [7, 11) is 1.67.